The predicted octanol–water partition coefficient (Wildman–Crippen LogP) is 3.52. The van der Waals surface area contributed by atoms with Gasteiger partial charge in [0.25, 0.3) is 0 Å². The zero-order valence-electron chi connectivity index (χ0n) is 11.7. The van der Waals surface area contributed by atoms with E-state index in [4.69, 9.17) is 9.47 Å². The van der Waals surface area contributed by atoms with Crippen LogP contribution in [0.15, 0.2) is 22.0 Å². The maximum Gasteiger partial charge on any atom is 0.174 e. The van der Waals surface area contributed by atoms with E-state index in [9.17, 15) is 0 Å². The Bertz CT molecular complexity index is 587. The molecule has 2 aromatic rings. The highest BCUT2D eigenvalue weighted by Crippen LogP contribution is 2.36. The van der Waals surface area contributed by atoms with Crippen molar-refractivity contribution in [3.8, 4) is 11.5 Å². The van der Waals surface area contributed by atoms with Crippen molar-refractivity contribution in [2.75, 3.05) is 14.2 Å². The van der Waals surface area contributed by atoms with Gasteiger partial charge >= 0.3 is 0 Å². The lowest BCUT2D eigenvalue weighted by atomic mass is 10.2. The molecule has 1 aromatic carbocycles. The van der Waals surface area contributed by atoms with Crippen molar-refractivity contribution in [2.45, 2.75) is 20.0 Å². The van der Waals surface area contributed by atoms with Crippen LogP contribution in [0.25, 0.3) is 0 Å². The van der Waals surface area contributed by atoms with Gasteiger partial charge in [-0.05, 0) is 40.5 Å². The largest absolute Gasteiger partial charge is 0.493 e. The molecule has 0 spiro atoms. The molecular weight excluding hydrogens is 340 g/mol. The molecule has 1 N–H and O–H groups in total. The van der Waals surface area contributed by atoms with Gasteiger partial charge in [0.1, 0.15) is 0 Å². The first-order chi connectivity index (χ1) is 9.63. The second-order valence-corrected chi connectivity index (χ2v) is 6.19. The van der Waals surface area contributed by atoms with Crippen LogP contribution in [0.2, 0.25) is 0 Å². The van der Waals surface area contributed by atoms with E-state index in [-0.39, 0.29) is 0 Å². The number of methoxy groups -OCH3 is 2. The second-order valence-electron chi connectivity index (χ2n) is 4.27. The highest BCUT2D eigenvalue weighted by molar-refractivity contribution is 9.10. The maximum atomic E-state index is 5.33. The smallest absolute Gasteiger partial charge is 0.174 e. The molecule has 0 atom stereocenters. The summed E-state index contributed by atoms with van der Waals surface area (Å²) in [7, 11) is 3.27. The molecule has 0 bridgehead atoms. The summed E-state index contributed by atoms with van der Waals surface area (Å²) in [6, 6.07) is 4.00. The normalized spacial score (nSPS) is 10.6. The van der Waals surface area contributed by atoms with Gasteiger partial charge in [-0.25, -0.2) is 4.98 Å². The Balaban J connectivity index is 2.01. The van der Waals surface area contributed by atoms with Crippen molar-refractivity contribution in [2.24, 2.45) is 0 Å². The summed E-state index contributed by atoms with van der Waals surface area (Å²) < 4.78 is 11.5. The van der Waals surface area contributed by atoms with Gasteiger partial charge in [-0.2, -0.15) is 0 Å². The van der Waals surface area contributed by atoms with Gasteiger partial charge in [-0.3, -0.25) is 0 Å². The number of halogens is 1. The lowest BCUT2D eigenvalue weighted by Crippen LogP contribution is -2.13. The minimum atomic E-state index is 0.714. The molecule has 1 heterocycles. The molecule has 0 radical (unpaired) electrons. The van der Waals surface area contributed by atoms with Crippen LogP contribution in [-0.2, 0) is 13.1 Å². The number of aryl methyl sites for hydroxylation is 1. The number of nitrogens with zero attached hydrogens (tertiary/aromatic N) is 1. The van der Waals surface area contributed by atoms with Crippen LogP contribution in [0.5, 0.6) is 11.5 Å². The molecule has 0 aliphatic heterocycles. The maximum absolute atomic E-state index is 5.33. The van der Waals surface area contributed by atoms with Crippen molar-refractivity contribution < 1.29 is 9.47 Å². The lowest BCUT2D eigenvalue weighted by Gasteiger charge is -2.12. The van der Waals surface area contributed by atoms with E-state index in [1.807, 2.05) is 19.1 Å². The van der Waals surface area contributed by atoms with Crippen LogP contribution in [0.4, 0.5) is 0 Å². The first-order valence-corrected chi connectivity index (χ1v) is 7.83. The minimum absolute atomic E-state index is 0.714. The van der Waals surface area contributed by atoms with Gasteiger partial charge in [0.15, 0.2) is 11.5 Å². The predicted molar refractivity (Wildman–Crippen MR) is 84.6 cm³/mol. The molecule has 4 nitrogen and oxygen atoms in total. The first kappa shape index (κ1) is 15.3. The molecule has 20 heavy (non-hydrogen) atoms. The zero-order valence-corrected chi connectivity index (χ0v) is 14.1. The van der Waals surface area contributed by atoms with E-state index in [1.165, 1.54) is 0 Å². The number of ether oxygens (including phenoxy) is 2. The van der Waals surface area contributed by atoms with Gasteiger partial charge in [-0.1, -0.05) is 0 Å². The average Bonchev–Trinajstić information content (AvgIpc) is 2.83. The molecule has 0 aliphatic rings. The summed E-state index contributed by atoms with van der Waals surface area (Å²) in [4.78, 5) is 4.42. The number of thiazole rings is 1. The van der Waals surface area contributed by atoms with E-state index in [1.54, 1.807) is 25.6 Å². The SMILES string of the molecule is COc1cc(CNCc2csc(C)n2)cc(Br)c1OC. The van der Waals surface area contributed by atoms with Crippen LogP contribution in [0.1, 0.15) is 16.3 Å². The second kappa shape index (κ2) is 7.06. The minimum Gasteiger partial charge on any atom is -0.493 e. The van der Waals surface area contributed by atoms with Crippen molar-refractivity contribution in [3.05, 3.63) is 38.3 Å². The Morgan fingerprint density at radius 2 is 2.05 bits per heavy atom. The summed E-state index contributed by atoms with van der Waals surface area (Å²) in [6.45, 7) is 3.52. The van der Waals surface area contributed by atoms with E-state index in [0.29, 0.717) is 5.75 Å². The third kappa shape index (κ3) is 3.71. The van der Waals surface area contributed by atoms with E-state index in [2.05, 4.69) is 31.6 Å². The Labute approximate surface area is 131 Å². The van der Waals surface area contributed by atoms with E-state index in [0.717, 1.165) is 39.6 Å². The van der Waals surface area contributed by atoms with Crippen LogP contribution >= 0.6 is 27.3 Å². The summed E-state index contributed by atoms with van der Waals surface area (Å²) >= 11 is 5.16. The van der Waals surface area contributed by atoms with Gasteiger partial charge in [-0.15, -0.1) is 11.3 Å². The molecule has 0 aliphatic carbocycles. The van der Waals surface area contributed by atoms with Crippen LogP contribution < -0.4 is 14.8 Å². The lowest BCUT2D eigenvalue weighted by molar-refractivity contribution is 0.352. The first-order valence-electron chi connectivity index (χ1n) is 6.16. The van der Waals surface area contributed by atoms with Crippen molar-refractivity contribution in [1.29, 1.82) is 0 Å². The highest BCUT2D eigenvalue weighted by atomic mass is 79.9. The van der Waals surface area contributed by atoms with Crippen LogP contribution in [-0.4, -0.2) is 19.2 Å². The zero-order chi connectivity index (χ0) is 14.5. The summed E-state index contributed by atoms with van der Waals surface area (Å²) in [5, 5.41) is 6.54. The average molecular weight is 357 g/mol. The standard InChI is InChI=1S/C14H17BrN2O2S/c1-9-17-11(8-20-9)7-16-6-10-4-12(15)14(19-3)13(5-10)18-2/h4-5,8,16H,6-7H2,1-3H3. The fraction of sp³-hybridized carbons (Fsp3) is 0.357. The monoisotopic (exact) mass is 356 g/mol. The number of hydrogen-bond donors (Lipinski definition) is 1. The molecule has 0 saturated heterocycles. The summed E-state index contributed by atoms with van der Waals surface area (Å²) in [5.74, 6) is 1.44. The molecule has 1 aromatic heterocycles. The third-order valence-electron chi connectivity index (χ3n) is 2.80. The van der Waals surface area contributed by atoms with E-state index >= 15 is 0 Å². The van der Waals surface area contributed by atoms with Crippen molar-refractivity contribution in [3.63, 3.8) is 0 Å². The molecule has 108 valence electrons. The van der Waals surface area contributed by atoms with Crippen LogP contribution in [0.3, 0.4) is 0 Å². The fourth-order valence-electron chi connectivity index (χ4n) is 1.90. The number of rotatable bonds is 6. The van der Waals surface area contributed by atoms with Gasteiger partial charge in [0.05, 0.1) is 29.4 Å². The quantitative estimate of drug-likeness (QED) is 0.859. The van der Waals surface area contributed by atoms with Gasteiger partial charge in [0, 0.05) is 18.5 Å². The van der Waals surface area contributed by atoms with Gasteiger partial charge < -0.3 is 14.8 Å². The van der Waals surface area contributed by atoms with Crippen molar-refractivity contribution >= 4 is 27.3 Å². The number of aromatic nitrogens is 1. The molecule has 0 fully saturated rings. The van der Waals surface area contributed by atoms with E-state index < -0.39 is 0 Å². The topological polar surface area (TPSA) is 43.4 Å². The summed E-state index contributed by atoms with van der Waals surface area (Å²) in [5.41, 5.74) is 2.20. The number of benzene rings is 1. The fourth-order valence-corrected chi connectivity index (χ4v) is 3.16. The molecular formula is C14H17BrN2O2S. The Hall–Kier alpha value is -1.11. The number of hydrogen-bond acceptors (Lipinski definition) is 5. The Kier molecular flexibility index (Phi) is 5.39. The molecule has 0 unspecified atom stereocenters. The highest BCUT2D eigenvalue weighted by Gasteiger charge is 2.10. The molecule has 0 saturated carbocycles. The van der Waals surface area contributed by atoms with Crippen molar-refractivity contribution in [1.82, 2.24) is 10.3 Å². The molecule has 6 heteroatoms. The summed E-state index contributed by atoms with van der Waals surface area (Å²) in [6.07, 6.45) is 0. The van der Waals surface area contributed by atoms with Gasteiger partial charge in [0.2, 0.25) is 0 Å². The molecule has 2 rings (SSSR count). The third-order valence-corrected chi connectivity index (χ3v) is 4.21. The Morgan fingerprint density at radius 3 is 2.65 bits per heavy atom. The molecule has 0 amide bonds. The van der Waals surface area contributed by atoms with Crippen LogP contribution in [0, 0.1) is 6.92 Å². The number of nitrogens with one attached hydrogen (secondary N) is 1. The Morgan fingerprint density at radius 1 is 1.25 bits per heavy atom.